The van der Waals surface area contributed by atoms with Crippen LogP contribution in [0.2, 0.25) is 0 Å². The van der Waals surface area contributed by atoms with Crippen LogP contribution in [0.4, 0.5) is 0 Å². The zero-order chi connectivity index (χ0) is 19.7. The summed E-state index contributed by atoms with van der Waals surface area (Å²) in [5, 5.41) is 11.5. The van der Waals surface area contributed by atoms with Crippen molar-refractivity contribution >= 4 is 0 Å². The van der Waals surface area contributed by atoms with Gasteiger partial charge in [0, 0.05) is 24.2 Å². The number of para-hydroxylation sites is 1. The van der Waals surface area contributed by atoms with Crippen LogP contribution in [0.1, 0.15) is 50.7 Å². The minimum atomic E-state index is -0.808. The fourth-order valence-electron chi connectivity index (χ4n) is 5.02. The maximum absolute atomic E-state index is 11.5. The number of benzene rings is 2. The summed E-state index contributed by atoms with van der Waals surface area (Å²) in [5.74, 6) is 1.72. The van der Waals surface area contributed by atoms with Crippen molar-refractivity contribution in [2.75, 3.05) is 7.11 Å². The maximum Gasteiger partial charge on any atom is 0.124 e. The Labute approximate surface area is 168 Å². The number of hydrogen-bond acceptors (Lipinski definition) is 4. The summed E-state index contributed by atoms with van der Waals surface area (Å²) in [6.45, 7) is 5.01. The lowest BCUT2D eigenvalue weighted by Crippen LogP contribution is -2.49. The third-order valence-corrected chi connectivity index (χ3v) is 6.16. The average molecular weight is 382 g/mol. The number of methoxy groups -OCH3 is 1. The third kappa shape index (κ3) is 3.76. The molecule has 2 saturated heterocycles. The molecule has 2 aromatic rings. The lowest BCUT2D eigenvalue weighted by molar-refractivity contribution is -0.0606. The van der Waals surface area contributed by atoms with Gasteiger partial charge < -0.3 is 14.6 Å². The molecule has 0 saturated carbocycles. The van der Waals surface area contributed by atoms with E-state index in [2.05, 4.69) is 36.9 Å². The zero-order valence-corrected chi connectivity index (χ0v) is 17.1. The minimum Gasteiger partial charge on any atom is -0.496 e. The summed E-state index contributed by atoms with van der Waals surface area (Å²) in [5.41, 5.74) is 1.40. The topological polar surface area (TPSA) is 41.9 Å². The quantitative estimate of drug-likeness (QED) is 0.800. The number of rotatable bonds is 6. The van der Waals surface area contributed by atoms with Gasteiger partial charge in [-0.2, -0.15) is 0 Å². The lowest BCUT2D eigenvalue weighted by atomic mass is 9.80. The highest BCUT2D eigenvalue weighted by molar-refractivity contribution is 5.39. The lowest BCUT2D eigenvalue weighted by Gasteiger charge is -2.44. The van der Waals surface area contributed by atoms with E-state index in [1.54, 1.807) is 7.11 Å². The van der Waals surface area contributed by atoms with Crippen LogP contribution in [0.25, 0.3) is 0 Å². The van der Waals surface area contributed by atoms with Gasteiger partial charge in [0.25, 0.3) is 0 Å². The molecule has 0 aromatic heterocycles. The van der Waals surface area contributed by atoms with Crippen molar-refractivity contribution in [2.45, 2.75) is 69.9 Å². The first kappa shape index (κ1) is 19.3. The van der Waals surface area contributed by atoms with Gasteiger partial charge in [-0.1, -0.05) is 30.3 Å². The normalized spacial score (nSPS) is 27.2. The Morgan fingerprint density at radius 2 is 1.79 bits per heavy atom. The van der Waals surface area contributed by atoms with Gasteiger partial charge in [0.1, 0.15) is 11.5 Å². The molecule has 28 heavy (non-hydrogen) atoms. The van der Waals surface area contributed by atoms with Crippen LogP contribution in [-0.2, 0) is 12.1 Å². The minimum absolute atomic E-state index is 0.178. The van der Waals surface area contributed by atoms with Gasteiger partial charge in [-0.15, -0.1) is 0 Å². The summed E-state index contributed by atoms with van der Waals surface area (Å²) in [4.78, 5) is 2.58. The van der Waals surface area contributed by atoms with Crippen LogP contribution < -0.4 is 9.47 Å². The van der Waals surface area contributed by atoms with E-state index in [1.807, 2.05) is 30.3 Å². The predicted octanol–water partition coefficient (Wildman–Crippen LogP) is 4.50. The Morgan fingerprint density at radius 1 is 1.07 bits per heavy atom. The maximum atomic E-state index is 11.5. The molecule has 2 aliphatic rings. The van der Waals surface area contributed by atoms with E-state index in [0.29, 0.717) is 12.1 Å². The highest BCUT2D eigenvalue weighted by Gasteiger charge is 2.49. The summed E-state index contributed by atoms with van der Waals surface area (Å²) >= 11 is 0. The van der Waals surface area contributed by atoms with Gasteiger partial charge in [-0.25, -0.2) is 0 Å². The molecule has 0 spiro atoms. The largest absolute Gasteiger partial charge is 0.496 e. The van der Waals surface area contributed by atoms with Crippen molar-refractivity contribution in [1.29, 1.82) is 0 Å². The highest BCUT2D eigenvalue weighted by Crippen LogP contribution is 2.48. The molecule has 0 aliphatic carbocycles. The van der Waals surface area contributed by atoms with Gasteiger partial charge in [-0.3, -0.25) is 4.90 Å². The van der Waals surface area contributed by atoms with E-state index in [9.17, 15) is 5.11 Å². The molecule has 2 aliphatic heterocycles. The van der Waals surface area contributed by atoms with Crippen molar-refractivity contribution in [3.63, 3.8) is 0 Å². The van der Waals surface area contributed by atoms with E-state index in [1.165, 1.54) is 5.56 Å². The highest BCUT2D eigenvalue weighted by atomic mass is 16.5. The van der Waals surface area contributed by atoms with Crippen LogP contribution >= 0.6 is 0 Å². The number of nitrogens with zero attached hydrogens (tertiary/aromatic N) is 1. The zero-order valence-electron chi connectivity index (χ0n) is 17.1. The first-order valence-electron chi connectivity index (χ1n) is 10.4. The second-order valence-electron chi connectivity index (χ2n) is 8.51. The molecule has 4 rings (SSSR count). The average Bonchev–Trinajstić information content (AvgIpc) is 2.92. The molecule has 4 nitrogen and oxygen atoms in total. The Bertz CT molecular complexity index is 805. The van der Waals surface area contributed by atoms with Gasteiger partial charge in [0.05, 0.1) is 18.8 Å². The summed E-state index contributed by atoms with van der Waals surface area (Å²) in [7, 11) is 1.68. The standard InChI is InChI=1S/C24H31NO3/c1-17(2)28-21-8-6-7-18(13-21)16-25-19-11-12-20(25)15-24(26,14-19)22-9-4-5-10-23(22)27-3/h4-10,13,17,19-20,26H,11-12,14-16H2,1-3H3. The van der Waals surface area contributed by atoms with Crippen molar-refractivity contribution < 1.29 is 14.6 Å². The Morgan fingerprint density at radius 3 is 2.46 bits per heavy atom. The molecule has 0 amide bonds. The molecular weight excluding hydrogens is 350 g/mol. The summed E-state index contributed by atoms with van der Waals surface area (Å²) < 4.78 is 11.4. The fourth-order valence-corrected chi connectivity index (χ4v) is 5.02. The van der Waals surface area contributed by atoms with Gasteiger partial charge in [-0.05, 0) is 63.3 Å². The molecule has 2 heterocycles. The van der Waals surface area contributed by atoms with Gasteiger partial charge >= 0.3 is 0 Å². The van der Waals surface area contributed by atoms with Crippen LogP contribution in [0.15, 0.2) is 48.5 Å². The van der Waals surface area contributed by atoms with E-state index in [4.69, 9.17) is 9.47 Å². The molecule has 2 atom stereocenters. The molecule has 2 fully saturated rings. The number of ether oxygens (including phenoxy) is 2. The molecule has 4 heteroatoms. The van der Waals surface area contributed by atoms with Crippen molar-refractivity contribution in [1.82, 2.24) is 4.90 Å². The second-order valence-corrected chi connectivity index (χ2v) is 8.51. The van der Waals surface area contributed by atoms with E-state index >= 15 is 0 Å². The molecular formula is C24H31NO3. The monoisotopic (exact) mass is 381 g/mol. The van der Waals surface area contributed by atoms with Crippen LogP contribution in [0, 0.1) is 0 Å². The Balaban J connectivity index is 1.52. The smallest absolute Gasteiger partial charge is 0.124 e. The third-order valence-electron chi connectivity index (χ3n) is 6.16. The Kier molecular flexibility index (Phi) is 5.35. The van der Waals surface area contributed by atoms with Gasteiger partial charge in [0.15, 0.2) is 0 Å². The summed E-state index contributed by atoms with van der Waals surface area (Å²) in [6, 6.07) is 17.1. The number of hydrogen-bond donors (Lipinski definition) is 1. The fraction of sp³-hybridized carbons (Fsp3) is 0.500. The van der Waals surface area contributed by atoms with E-state index in [0.717, 1.165) is 49.3 Å². The van der Waals surface area contributed by atoms with Crippen molar-refractivity contribution in [2.24, 2.45) is 0 Å². The number of aliphatic hydroxyl groups is 1. The van der Waals surface area contributed by atoms with Crippen molar-refractivity contribution in [3.05, 3.63) is 59.7 Å². The number of piperidine rings is 1. The van der Waals surface area contributed by atoms with E-state index in [-0.39, 0.29) is 6.10 Å². The molecule has 2 unspecified atom stereocenters. The van der Waals surface area contributed by atoms with E-state index < -0.39 is 5.60 Å². The first-order valence-corrected chi connectivity index (χ1v) is 10.4. The predicted molar refractivity (Wildman–Crippen MR) is 111 cm³/mol. The molecule has 2 bridgehead atoms. The molecule has 150 valence electrons. The molecule has 0 radical (unpaired) electrons. The van der Waals surface area contributed by atoms with Crippen LogP contribution in [-0.4, -0.2) is 35.3 Å². The Hall–Kier alpha value is -2.04. The molecule has 2 aromatic carbocycles. The SMILES string of the molecule is COc1ccccc1C1(O)CC2CCC(C1)N2Cc1cccc(OC(C)C)c1. The van der Waals surface area contributed by atoms with Crippen LogP contribution in [0.5, 0.6) is 11.5 Å². The van der Waals surface area contributed by atoms with Crippen LogP contribution in [0.3, 0.4) is 0 Å². The molecule has 1 N–H and O–H groups in total. The number of fused-ring (bicyclic) bond motifs is 2. The summed E-state index contributed by atoms with van der Waals surface area (Å²) in [6.07, 6.45) is 3.98. The van der Waals surface area contributed by atoms with Crippen molar-refractivity contribution in [3.8, 4) is 11.5 Å². The first-order chi connectivity index (χ1) is 13.5. The van der Waals surface area contributed by atoms with Gasteiger partial charge in [0.2, 0.25) is 0 Å². The second kappa shape index (κ2) is 7.76.